The molecule has 2 rings (SSSR count). The third kappa shape index (κ3) is 2.11. The summed E-state index contributed by atoms with van der Waals surface area (Å²) in [6, 6.07) is 5.45. The van der Waals surface area contributed by atoms with E-state index in [1.54, 1.807) is 26.2 Å². The molecule has 5 nitrogen and oxygen atoms in total. The molecule has 0 saturated carbocycles. The third-order valence-electron chi connectivity index (χ3n) is 2.87. The Hall–Kier alpha value is -2.17. The number of carboxylic acids is 1. The second-order valence-electron chi connectivity index (χ2n) is 4.11. The van der Waals surface area contributed by atoms with Crippen LogP contribution >= 0.6 is 0 Å². The summed E-state index contributed by atoms with van der Waals surface area (Å²) in [5.74, 6) is -0.580. The molecule has 94 valence electrons. The molecule has 0 aliphatic carbocycles. The number of carboxylic acid groups (broad SMARTS) is 1. The normalized spacial score (nSPS) is 12.4. The van der Waals surface area contributed by atoms with Crippen LogP contribution in [-0.2, 0) is 4.79 Å². The Kier molecular flexibility index (Phi) is 3.14. The number of nitrogens with zero attached hydrogens (tertiary/aromatic N) is 2. The van der Waals surface area contributed by atoms with Gasteiger partial charge in [0.2, 0.25) is 0 Å². The van der Waals surface area contributed by atoms with Gasteiger partial charge in [0.15, 0.2) is 0 Å². The van der Waals surface area contributed by atoms with Crippen LogP contribution in [0.15, 0.2) is 18.2 Å². The summed E-state index contributed by atoms with van der Waals surface area (Å²) >= 11 is 0. The Bertz CT molecular complexity index is 610. The van der Waals surface area contributed by atoms with Crippen LogP contribution in [0.2, 0.25) is 0 Å². The van der Waals surface area contributed by atoms with Gasteiger partial charge < -0.3 is 9.84 Å². The first-order valence-corrected chi connectivity index (χ1v) is 5.58. The zero-order chi connectivity index (χ0) is 13.3. The van der Waals surface area contributed by atoms with Gasteiger partial charge in [-0.2, -0.15) is 0 Å². The van der Waals surface area contributed by atoms with Crippen LogP contribution < -0.4 is 4.74 Å². The topological polar surface area (TPSA) is 72.3 Å². The van der Waals surface area contributed by atoms with Gasteiger partial charge in [0.05, 0.1) is 12.6 Å². The summed E-state index contributed by atoms with van der Waals surface area (Å²) in [6.45, 7) is 3.41. The average Bonchev–Trinajstić information content (AvgIpc) is 2.37. The van der Waals surface area contributed by atoms with E-state index in [0.29, 0.717) is 5.82 Å². The lowest BCUT2D eigenvalue weighted by Crippen LogP contribution is -2.12. The molecule has 0 fully saturated rings. The lowest BCUT2D eigenvalue weighted by molar-refractivity contribution is -0.138. The number of carbonyl (C=O) groups is 1. The number of aromatic nitrogens is 2. The molecular formula is C13H14N2O3. The molecule has 1 N–H and O–H groups in total. The van der Waals surface area contributed by atoms with E-state index in [-0.39, 0.29) is 0 Å². The third-order valence-corrected chi connectivity index (χ3v) is 2.87. The standard InChI is InChI=1S/C13H14N2O3/c1-7(13(16)17)12-14-8(2)10-6-9(18-3)4-5-11(10)15-12/h4-7H,1-3H3,(H,16,17). The number of fused-ring (bicyclic) bond motifs is 1. The number of methoxy groups -OCH3 is 1. The second kappa shape index (κ2) is 4.60. The molecule has 0 spiro atoms. The van der Waals surface area contributed by atoms with Crippen LogP contribution in [0.25, 0.3) is 10.9 Å². The van der Waals surface area contributed by atoms with Crippen molar-refractivity contribution in [2.24, 2.45) is 0 Å². The molecule has 0 bridgehead atoms. The molecule has 0 radical (unpaired) electrons. The molecule has 0 amide bonds. The highest BCUT2D eigenvalue weighted by molar-refractivity contribution is 5.83. The summed E-state index contributed by atoms with van der Waals surface area (Å²) in [5, 5.41) is 9.85. The lowest BCUT2D eigenvalue weighted by atomic mass is 10.1. The molecule has 1 atom stereocenters. The minimum absolute atomic E-state index is 0.331. The highest BCUT2D eigenvalue weighted by Gasteiger charge is 2.18. The fraction of sp³-hybridized carbons (Fsp3) is 0.308. The van der Waals surface area contributed by atoms with Crippen LogP contribution in [0.1, 0.15) is 24.4 Å². The quantitative estimate of drug-likeness (QED) is 0.898. The molecular weight excluding hydrogens is 232 g/mol. The second-order valence-corrected chi connectivity index (χ2v) is 4.11. The molecule has 1 aromatic carbocycles. The fourth-order valence-corrected chi connectivity index (χ4v) is 1.71. The Balaban J connectivity index is 2.60. The minimum atomic E-state index is -0.928. The molecule has 18 heavy (non-hydrogen) atoms. The van der Waals surface area contributed by atoms with Crippen molar-refractivity contribution in [3.8, 4) is 5.75 Å². The van der Waals surface area contributed by atoms with E-state index in [2.05, 4.69) is 9.97 Å². The summed E-state index contributed by atoms with van der Waals surface area (Å²) in [4.78, 5) is 19.5. The van der Waals surface area contributed by atoms with Gasteiger partial charge in [0.1, 0.15) is 17.5 Å². The zero-order valence-corrected chi connectivity index (χ0v) is 10.5. The van der Waals surface area contributed by atoms with Crippen molar-refractivity contribution in [3.05, 3.63) is 29.7 Å². The van der Waals surface area contributed by atoms with Crippen LogP contribution in [0, 0.1) is 6.92 Å². The Morgan fingerprint density at radius 3 is 2.72 bits per heavy atom. The van der Waals surface area contributed by atoms with E-state index < -0.39 is 11.9 Å². The van der Waals surface area contributed by atoms with E-state index in [0.717, 1.165) is 22.3 Å². The van der Waals surface area contributed by atoms with Crippen LogP contribution in [0.3, 0.4) is 0 Å². The summed E-state index contributed by atoms with van der Waals surface area (Å²) in [7, 11) is 1.60. The zero-order valence-electron chi connectivity index (χ0n) is 10.5. The Labute approximate surface area is 104 Å². The maximum atomic E-state index is 10.9. The van der Waals surface area contributed by atoms with Gasteiger partial charge in [-0.05, 0) is 32.0 Å². The number of hydrogen-bond donors (Lipinski definition) is 1. The summed E-state index contributed by atoms with van der Waals surface area (Å²) < 4.78 is 5.14. The van der Waals surface area contributed by atoms with E-state index >= 15 is 0 Å². The molecule has 0 aliphatic rings. The van der Waals surface area contributed by atoms with E-state index in [1.165, 1.54) is 0 Å². The predicted octanol–water partition coefficient (Wildman–Crippen LogP) is 2.13. The molecule has 1 aromatic heterocycles. The highest BCUT2D eigenvalue weighted by Crippen LogP contribution is 2.23. The maximum Gasteiger partial charge on any atom is 0.313 e. The monoisotopic (exact) mass is 246 g/mol. The van der Waals surface area contributed by atoms with Crippen LogP contribution in [-0.4, -0.2) is 28.2 Å². The number of hydrogen-bond acceptors (Lipinski definition) is 4. The van der Waals surface area contributed by atoms with Crippen molar-refractivity contribution >= 4 is 16.9 Å². The Morgan fingerprint density at radius 1 is 1.39 bits per heavy atom. The van der Waals surface area contributed by atoms with Crippen molar-refractivity contribution < 1.29 is 14.6 Å². The minimum Gasteiger partial charge on any atom is -0.497 e. The van der Waals surface area contributed by atoms with Crippen LogP contribution in [0.5, 0.6) is 5.75 Å². The van der Waals surface area contributed by atoms with Crippen LogP contribution in [0.4, 0.5) is 0 Å². The first kappa shape index (κ1) is 12.3. The van der Waals surface area contributed by atoms with Gasteiger partial charge in [-0.1, -0.05) is 0 Å². The van der Waals surface area contributed by atoms with Gasteiger partial charge in [-0.3, -0.25) is 4.79 Å². The number of rotatable bonds is 3. The average molecular weight is 246 g/mol. The predicted molar refractivity (Wildman–Crippen MR) is 66.9 cm³/mol. The smallest absolute Gasteiger partial charge is 0.313 e. The molecule has 0 aliphatic heterocycles. The Morgan fingerprint density at radius 2 is 2.11 bits per heavy atom. The first-order chi connectivity index (χ1) is 8.52. The van der Waals surface area contributed by atoms with Gasteiger partial charge in [-0.25, -0.2) is 9.97 Å². The summed E-state index contributed by atoms with van der Waals surface area (Å²) in [5.41, 5.74) is 1.48. The van der Waals surface area contributed by atoms with Crippen molar-refractivity contribution in [1.82, 2.24) is 9.97 Å². The molecule has 1 unspecified atom stereocenters. The van der Waals surface area contributed by atoms with Gasteiger partial charge >= 0.3 is 5.97 Å². The van der Waals surface area contributed by atoms with Gasteiger partial charge in [-0.15, -0.1) is 0 Å². The molecule has 0 saturated heterocycles. The SMILES string of the molecule is COc1ccc2nc(C(C)C(=O)O)nc(C)c2c1. The number of aliphatic carboxylic acids is 1. The summed E-state index contributed by atoms with van der Waals surface area (Å²) in [6.07, 6.45) is 0. The molecule has 5 heteroatoms. The highest BCUT2D eigenvalue weighted by atomic mass is 16.5. The van der Waals surface area contributed by atoms with Gasteiger partial charge in [0, 0.05) is 11.1 Å². The lowest BCUT2D eigenvalue weighted by Gasteiger charge is -2.09. The number of aryl methyl sites for hydroxylation is 1. The van der Waals surface area contributed by atoms with E-state index in [4.69, 9.17) is 9.84 Å². The molecule has 1 heterocycles. The van der Waals surface area contributed by atoms with Crippen molar-refractivity contribution in [1.29, 1.82) is 0 Å². The van der Waals surface area contributed by atoms with Gasteiger partial charge in [0.25, 0.3) is 0 Å². The molecule has 2 aromatic rings. The van der Waals surface area contributed by atoms with Crippen molar-refractivity contribution in [2.45, 2.75) is 19.8 Å². The van der Waals surface area contributed by atoms with E-state index in [9.17, 15) is 4.79 Å². The number of benzene rings is 1. The van der Waals surface area contributed by atoms with Crippen molar-refractivity contribution in [3.63, 3.8) is 0 Å². The van der Waals surface area contributed by atoms with Crippen molar-refractivity contribution in [2.75, 3.05) is 7.11 Å². The fourth-order valence-electron chi connectivity index (χ4n) is 1.71. The maximum absolute atomic E-state index is 10.9. The first-order valence-electron chi connectivity index (χ1n) is 5.58. The van der Waals surface area contributed by atoms with E-state index in [1.807, 2.05) is 13.0 Å². The largest absolute Gasteiger partial charge is 0.497 e. The number of ether oxygens (including phenoxy) is 1.